The molecule has 0 aliphatic rings. The number of nitrogens with zero attached hydrogens (tertiary/aromatic N) is 4. The minimum atomic E-state index is -5.05. The van der Waals surface area contributed by atoms with Gasteiger partial charge < -0.3 is 9.13 Å². The average Bonchev–Trinajstić information content (AvgIpc) is 3.90. The molecule has 0 N–H and O–H groups in total. The molecule has 0 aliphatic carbocycles. The van der Waals surface area contributed by atoms with E-state index >= 15 is 0 Å². The fourth-order valence-corrected chi connectivity index (χ4v) is 9.86. The minimum absolute atomic E-state index is 0.133. The predicted molar refractivity (Wildman–Crippen MR) is 268 cm³/mol. The van der Waals surface area contributed by atoms with Crippen molar-refractivity contribution in [1.82, 2.24) is 19.1 Å². The monoisotopic (exact) mass is 926 g/mol. The third-order valence-corrected chi connectivity index (χ3v) is 13.0. The molecule has 10 heteroatoms. The van der Waals surface area contributed by atoms with Gasteiger partial charge in [-0.15, -0.1) is 0 Å². The van der Waals surface area contributed by atoms with Gasteiger partial charge >= 0.3 is 12.4 Å². The van der Waals surface area contributed by atoms with Gasteiger partial charge in [-0.2, -0.15) is 26.3 Å². The van der Waals surface area contributed by atoms with E-state index in [-0.39, 0.29) is 17.2 Å². The molecule has 3 heterocycles. The van der Waals surface area contributed by atoms with E-state index in [4.69, 9.17) is 9.97 Å². The summed E-state index contributed by atoms with van der Waals surface area (Å²) in [6, 6.07) is 67.2. The molecular formula is C60H36F6N4. The van der Waals surface area contributed by atoms with Gasteiger partial charge in [-0.1, -0.05) is 146 Å². The number of hydrogen-bond donors (Lipinski definition) is 0. The first-order valence-electron chi connectivity index (χ1n) is 22.5. The van der Waals surface area contributed by atoms with Crippen LogP contribution in [-0.4, -0.2) is 19.1 Å². The Balaban J connectivity index is 1.13. The van der Waals surface area contributed by atoms with E-state index in [1.165, 1.54) is 0 Å². The molecule has 0 saturated heterocycles. The first kappa shape index (κ1) is 42.6. The zero-order valence-corrected chi connectivity index (χ0v) is 36.8. The Kier molecular flexibility index (Phi) is 10.0. The van der Waals surface area contributed by atoms with Crippen molar-refractivity contribution >= 4 is 43.6 Å². The van der Waals surface area contributed by atoms with Gasteiger partial charge in [-0.3, -0.25) is 0 Å². The van der Waals surface area contributed by atoms with Gasteiger partial charge in [0.2, 0.25) is 0 Å². The van der Waals surface area contributed by atoms with Gasteiger partial charge in [0, 0.05) is 49.4 Å². The summed E-state index contributed by atoms with van der Waals surface area (Å²) >= 11 is 0. The molecule has 0 radical (unpaired) electrons. The normalized spacial score (nSPS) is 12.1. The van der Waals surface area contributed by atoms with Crippen LogP contribution in [-0.2, 0) is 12.4 Å². The predicted octanol–water partition coefficient (Wildman–Crippen LogP) is 17.0. The highest BCUT2D eigenvalue weighted by atomic mass is 19.4. The Hall–Kier alpha value is -8.76. The van der Waals surface area contributed by atoms with Crippen molar-refractivity contribution < 1.29 is 26.3 Å². The fourth-order valence-electron chi connectivity index (χ4n) is 9.86. The molecule has 0 fully saturated rings. The molecule has 3 aromatic heterocycles. The van der Waals surface area contributed by atoms with E-state index < -0.39 is 23.5 Å². The highest BCUT2D eigenvalue weighted by Crippen LogP contribution is 2.45. The third kappa shape index (κ3) is 7.27. The van der Waals surface area contributed by atoms with Gasteiger partial charge in [-0.05, 0) is 83.9 Å². The number of fused-ring (bicyclic) bond motifs is 6. The number of rotatable bonds is 7. The second-order valence-corrected chi connectivity index (χ2v) is 17.2. The lowest BCUT2D eigenvalue weighted by Crippen LogP contribution is -2.12. The molecule has 12 rings (SSSR count). The van der Waals surface area contributed by atoms with E-state index in [9.17, 15) is 26.3 Å². The van der Waals surface area contributed by atoms with E-state index in [1.807, 2.05) is 140 Å². The fraction of sp³-hybridized carbons (Fsp3) is 0.0333. The van der Waals surface area contributed by atoms with Crippen molar-refractivity contribution in [3.05, 3.63) is 230 Å². The van der Waals surface area contributed by atoms with Gasteiger partial charge in [0.05, 0.1) is 56.0 Å². The summed E-state index contributed by atoms with van der Waals surface area (Å²) in [4.78, 5) is 10.4. The maximum absolute atomic E-state index is 14.6. The summed E-state index contributed by atoms with van der Waals surface area (Å²) in [7, 11) is 0. The molecular weight excluding hydrogens is 891 g/mol. The van der Waals surface area contributed by atoms with E-state index in [0.717, 1.165) is 89.4 Å². The molecule has 4 nitrogen and oxygen atoms in total. The second-order valence-electron chi connectivity index (χ2n) is 17.2. The molecule has 0 saturated carbocycles. The van der Waals surface area contributed by atoms with Crippen molar-refractivity contribution in [3.8, 4) is 67.5 Å². The van der Waals surface area contributed by atoms with Crippen LogP contribution in [0.1, 0.15) is 11.1 Å². The zero-order valence-electron chi connectivity index (χ0n) is 36.8. The lowest BCUT2D eigenvalue weighted by atomic mass is 9.95. The van der Waals surface area contributed by atoms with E-state index in [2.05, 4.69) is 51.6 Å². The highest BCUT2D eigenvalue weighted by molar-refractivity contribution is 6.12. The van der Waals surface area contributed by atoms with Crippen LogP contribution in [0.25, 0.3) is 111 Å². The van der Waals surface area contributed by atoms with Crippen molar-refractivity contribution in [2.24, 2.45) is 0 Å². The third-order valence-electron chi connectivity index (χ3n) is 13.0. The number of para-hydroxylation sites is 4. The Bertz CT molecular complexity index is 3870. The topological polar surface area (TPSA) is 35.6 Å². The van der Waals surface area contributed by atoms with Gasteiger partial charge in [0.1, 0.15) is 0 Å². The Labute approximate surface area is 397 Å². The standard InChI is InChI=1S/C60H36F6N4/c61-59(62,63)41-29-30-42(49(35-41)60(64,65)66)39-27-31-56-47(33-39)45-21-9-14-26-55(45)70(56)57-32-28-40(58-67-50(37-15-3-1-4-16-37)36-51(68-58)38-17-5-2-6-18-38)34-48(57)46-22-10-13-25-54(46)69-52-23-11-7-19-43(52)44-20-8-12-24-53(44)69/h1-36H. The van der Waals surface area contributed by atoms with Crippen LogP contribution in [0.15, 0.2) is 218 Å². The molecule has 338 valence electrons. The lowest BCUT2D eigenvalue weighted by Gasteiger charge is -2.20. The van der Waals surface area contributed by atoms with Crippen molar-refractivity contribution in [3.63, 3.8) is 0 Å². The number of benzene rings is 9. The van der Waals surface area contributed by atoms with Crippen LogP contribution in [0.5, 0.6) is 0 Å². The molecule has 0 atom stereocenters. The number of alkyl halides is 6. The molecule has 0 bridgehead atoms. The Morgan fingerprint density at radius 3 is 1.37 bits per heavy atom. The smallest absolute Gasteiger partial charge is 0.309 e. The van der Waals surface area contributed by atoms with Crippen molar-refractivity contribution in [2.75, 3.05) is 0 Å². The van der Waals surface area contributed by atoms with Gasteiger partial charge in [0.25, 0.3) is 0 Å². The van der Waals surface area contributed by atoms with Crippen LogP contribution in [0.2, 0.25) is 0 Å². The lowest BCUT2D eigenvalue weighted by molar-refractivity contribution is -0.142. The Morgan fingerprint density at radius 1 is 0.314 bits per heavy atom. The quantitative estimate of drug-likeness (QED) is 0.149. The molecule has 0 spiro atoms. The first-order chi connectivity index (χ1) is 34.0. The molecule has 9 aromatic carbocycles. The van der Waals surface area contributed by atoms with Gasteiger partial charge in [0.15, 0.2) is 5.82 Å². The van der Waals surface area contributed by atoms with E-state index in [1.54, 1.807) is 18.2 Å². The summed E-state index contributed by atoms with van der Waals surface area (Å²) < 4.78 is 89.4. The molecule has 0 unspecified atom stereocenters. The van der Waals surface area contributed by atoms with Gasteiger partial charge in [-0.25, -0.2) is 9.97 Å². The molecule has 0 amide bonds. The maximum atomic E-state index is 14.6. The average molecular weight is 927 g/mol. The second kappa shape index (κ2) is 16.5. The Morgan fingerprint density at radius 2 is 0.800 bits per heavy atom. The van der Waals surface area contributed by atoms with Crippen LogP contribution < -0.4 is 0 Å². The summed E-state index contributed by atoms with van der Waals surface area (Å²) in [5.74, 6) is 0.506. The minimum Gasteiger partial charge on any atom is -0.309 e. The van der Waals surface area contributed by atoms with Crippen molar-refractivity contribution in [1.29, 1.82) is 0 Å². The number of hydrogen-bond acceptors (Lipinski definition) is 2. The largest absolute Gasteiger partial charge is 0.417 e. The van der Waals surface area contributed by atoms with Crippen LogP contribution >= 0.6 is 0 Å². The zero-order chi connectivity index (χ0) is 47.7. The molecule has 70 heavy (non-hydrogen) atoms. The van der Waals surface area contributed by atoms with Crippen molar-refractivity contribution in [2.45, 2.75) is 12.4 Å². The van der Waals surface area contributed by atoms with Crippen LogP contribution in [0.3, 0.4) is 0 Å². The summed E-state index contributed by atoms with van der Waals surface area (Å²) in [6.45, 7) is 0. The van der Waals surface area contributed by atoms with Crippen LogP contribution in [0, 0.1) is 0 Å². The maximum Gasteiger partial charge on any atom is 0.417 e. The molecule has 0 aliphatic heterocycles. The number of aromatic nitrogens is 4. The summed E-state index contributed by atoms with van der Waals surface area (Å²) in [5, 5.41) is 3.57. The first-order valence-corrected chi connectivity index (χ1v) is 22.5. The SMILES string of the molecule is FC(F)(F)c1ccc(-c2ccc3c(c2)c2ccccc2n3-c2ccc(-c3nc(-c4ccccc4)cc(-c4ccccc4)n3)cc2-c2ccccc2-n2c3ccccc3c3ccccc32)c(C(F)(F)F)c1. The number of halogens is 6. The summed E-state index contributed by atoms with van der Waals surface area (Å²) in [6.07, 6.45) is -10.0. The molecule has 12 aromatic rings. The highest BCUT2D eigenvalue weighted by Gasteiger charge is 2.38. The summed E-state index contributed by atoms with van der Waals surface area (Å²) in [5.41, 5.74) is 8.04. The van der Waals surface area contributed by atoms with Crippen LogP contribution in [0.4, 0.5) is 26.3 Å². The van der Waals surface area contributed by atoms with E-state index in [0.29, 0.717) is 22.8 Å².